The van der Waals surface area contributed by atoms with Crippen LogP contribution in [0, 0.1) is 0 Å². The zero-order valence-corrected chi connectivity index (χ0v) is 41.6. The van der Waals surface area contributed by atoms with Crippen molar-refractivity contribution in [2.75, 3.05) is 0 Å². The predicted molar refractivity (Wildman–Crippen MR) is 268 cm³/mol. The van der Waals surface area contributed by atoms with Gasteiger partial charge in [-0.1, -0.05) is 182 Å². The number of hydroxylamine groups is 6. The molecule has 6 aromatic carbocycles. The van der Waals surface area contributed by atoms with E-state index in [0.29, 0.717) is 0 Å². The molecule has 0 bridgehead atoms. The second-order valence-corrected chi connectivity index (χ2v) is 21.1. The van der Waals surface area contributed by atoms with Gasteiger partial charge in [-0.3, -0.25) is 0 Å². The molecule has 0 heterocycles. The van der Waals surface area contributed by atoms with Gasteiger partial charge in [0.15, 0.2) is 0 Å². The summed E-state index contributed by atoms with van der Waals surface area (Å²) in [5.74, 6) is -0.591. The Balaban J connectivity index is 1.54. The first-order valence-electron chi connectivity index (χ1n) is 23.2. The molecule has 6 aromatic rings. The quantitative estimate of drug-likeness (QED) is 0.0527. The van der Waals surface area contributed by atoms with E-state index in [0.717, 1.165) is 33.4 Å². The van der Waals surface area contributed by atoms with Crippen LogP contribution in [0.1, 0.15) is 134 Å². The van der Waals surface area contributed by atoms with E-state index in [2.05, 4.69) is 229 Å². The normalized spacial score (nSPS) is 13.2. The number of hydrogen-bond donors (Lipinski definition) is 0. The molecule has 0 aromatic heterocycles. The van der Waals surface area contributed by atoms with Crippen LogP contribution < -0.4 is 0 Å². The smallest absolute Gasteiger partial charge is 0.223 e. The van der Waals surface area contributed by atoms with Crippen molar-refractivity contribution in [1.82, 2.24) is 15.2 Å². The number of nitrogens with zero attached hydrogens (tertiary/aromatic N) is 3. The van der Waals surface area contributed by atoms with Crippen LogP contribution in [0.25, 0.3) is 0 Å². The number of rotatable bonds is 21. The van der Waals surface area contributed by atoms with Crippen molar-refractivity contribution in [3.8, 4) is 0 Å². The molecule has 0 saturated heterocycles. The highest BCUT2D eigenvalue weighted by molar-refractivity contribution is 7.48. The predicted octanol–water partition coefficient (Wildman–Crippen LogP) is 14.9. The second kappa shape index (κ2) is 21.3. The molecule has 0 radical (unpaired) electrons. The maximum absolute atomic E-state index is 16.8. The lowest BCUT2D eigenvalue weighted by atomic mass is 9.76. The molecule has 0 amide bonds. The summed E-state index contributed by atoms with van der Waals surface area (Å²) in [7, 11) is -4.73. The van der Waals surface area contributed by atoms with E-state index < -0.39 is 24.4 Å². The first-order chi connectivity index (χ1) is 30.9. The van der Waals surface area contributed by atoms with Gasteiger partial charge in [0.25, 0.3) is 0 Å². The zero-order valence-electron chi connectivity index (χ0n) is 40.7. The van der Waals surface area contributed by atoms with E-state index in [-0.39, 0.29) is 35.9 Å². The Morgan fingerprint density at radius 3 is 0.615 bits per heavy atom. The lowest BCUT2D eigenvalue weighted by Crippen LogP contribution is -2.55. The van der Waals surface area contributed by atoms with E-state index in [4.69, 9.17) is 13.9 Å². The van der Waals surface area contributed by atoms with Gasteiger partial charge in [-0.2, -0.15) is 29.1 Å². The molecule has 0 saturated carbocycles. The summed E-state index contributed by atoms with van der Waals surface area (Å²) in [5.41, 5.74) is 4.21. The Hall–Kier alpha value is -4.69. The molecule has 0 atom stereocenters. The second-order valence-electron chi connectivity index (χ2n) is 19.7. The summed E-state index contributed by atoms with van der Waals surface area (Å²) in [6.45, 7) is 25.3. The van der Waals surface area contributed by atoms with E-state index >= 15 is 4.57 Å². The molecule has 0 aliphatic heterocycles. The molecule has 0 aliphatic carbocycles. The van der Waals surface area contributed by atoms with Crippen molar-refractivity contribution in [2.24, 2.45) is 0 Å². The van der Waals surface area contributed by atoms with Crippen LogP contribution in [-0.2, 0) is 18.4 Å². The Morgan fingerprint density at radius 1 is 0.323 bits per heavy atom. The summed E-state index contributed by atoms with van der Waals surface area (Å²) in [6.07, 6.45) is 0. The molecule has 8 heteroatoms. The number of phosphoric acid groups is 1. The maximum Gasteiger partial charge on any atom is 0.525 e. The van der Waals surface area contributed by atoms with Gasteiger partial charge < -0.3 is 0 Å². The summed E-state index contributed by atoms with van der Waals surface area (Å²) in [4.78, 5) is 0. The van der Waals surface area contributed by atoms with Crippen molar-refractivity contribution in [3.05, 3.63) is 215 Å². The van der Waals surface area contributed by atoms with Crippen LogP contribution in [0.15, 0.2) is 182 Å². The zero-order chi connectivity index (χ0) is 47.0. The topological polar surface area (TPSA) is 54.5 Å². The molecule has 65 heavy (non-hydrogen) atoms. The van der Waals surface area contributed by atoms with Crippen molar-refractivity contribution in [3.63, 3.8) is 0 Å². The van der Waals surface area contributed by atoms with Crippen molar-refractivity contribution < 1.29 is 18.4 Å². The molecule has 6 rings (SSSR count). The van der Waals surface area contributed by atoms with Gasteiger partial charge in [-0.15, -0.1) is 0 Å². The molecule has 0 N–H and O–H groups in total. The van der Waals surface area contributed by atoms with Crippen molar-refractivity contribution in [2.45, 2.75) is 136 Å². The standard InChI is InChI=1S/C57H72N3O4P/c1-43(2)58(55(7,8)52(46-31-19-13-20-32-46)47-33-21-14-22-34-47)62-65(61,63-59(44(3)4)56(9,10)53(48-35-23-15-24-36-48)49-37-25-16-26-38-49)64-60(45(5)6)57(11,12)54(50-39-27-17-28-40-50)51-41-29-18-30-42-51/h13-45,52-54H,1-12H3. The van der Waals surface area contributed by atoms with E-state index in [1.54, 1.807) is 0 Å². The Morgan fingerprint density at radius 2 is 0.477 bits per heavy atom. The third-order valence-electron chi connectivity index (χ3n) is 12.6. The average molecular weight is 894 g/mol. The van der Waals surface area contributed by atoms with Gasteiger partial charge in [0, 0.05) is 35.9 Å². The highest BCUT2D eigenvalue weighted by Gasteiger charge is 2.52. The molecule has 0 spiro atoms. The van der Waals surface area contributed by atoms with Gasteiger partial charge in [0.2, 0.25) is 0 Å². The molecule has 0 fully saturated rings. The van der Waals surface area contributed by atoms with E-state index in [1.807, 2.05) is 51.6 Å². The lowest BCUT2D eigenvalue weighted by Gasteiger charge is -2.50. The molecule has 344 valence electrons. The van der Waals surface area contributed by atoms with Gasteiger partial charge >= 0.3 is 7.82 Å². The van der Waals surface area contributed by atoms with Crippen molar-refractivity contribution >= 4 is 7.82 Å². The summed E-state index contributed by atoms with van der Waals surface area (Å²) in [5, 5.41) is 5.56. The van der Waals surface area contributed by atoms with Crippen LogP contribution in [0.5, 0.6) is 0 Å². The van der Waals surface area contributed by atoms with E-state index in [1.165, 1.54) is 0 Å². The van der Waals surface area contributed by atoms with Crippen LogP contribution in [0.2, 0.25) is 0 Å². The van der Waals surface area contributed by atoms with Crippen LogP contribution >= 0.6 is 7.82 Å². The van der Waals surface area contributed by atoms with Crippen LogP contribution in [0.4, 0.5) is 0 Å². The molecule has 0 aliphatic rings. The third-order valence-corrected chi connectivity index (χ3v) is 13.7. The fraction of sp³-hybridized carbons (Fsp3) is 0.368. The molecular weight excluding hydrogens is 822 g/mol. The SMILES string of the molecule is CC(C)N(OP(=O)(ON(C(C)C)C(C)(C)C(c1ccccc1)c1ccccc1)ON(C(C)C)C(C)(C)C(c1ccccc1)c1ccccc1)C(C)(C)C(c1ccccc1)c1ccccc1. The first-order valence-corrected chi connectivity index (χ1v) is 24.7. The van der Waals surface area contributed by atoms with Gasteiger partial charge in [-0.05, 0) is 116 Å². The fourth-order valence-electron chi connectivity index (χ4n) is 10.2. The number of benzene rings is 6. The first kappa shape index (κ1) is 49.7. The minimum Gasteiger partial charge on any atom is -0.223 e. The van der Waals surface area contributed by atoms with Crippen LogP contribution in [0.3, 0.4) is 0 Å². The van der Waals surface area contributed by atoms with Crippen LogP contribution in [-0.4, -0.2) is 49.9 Å². The van der Waals surface area contributed by atoms with Crippen molar-refractivity contribution in [1.29, 1.82) is 0 Å². The highest BCUT2D eigenvalue weighted by Crippen LogP contribution is 2.59. The van der Waals surface area contributed by atoms with Gasteiger partial charge in [-0.25, -0.2) is 4.57 Å². The molecule has 7 nitrogen and oxygen atoms in total. The third kappa shape index (κ3) is 11.5. The summed E-state index contributed by atoms with van der Waals surface area (Å²) >= 11 is 0. The molecule has 0 unspecified atom stereocenters. The average Bonchev–Trinajstić information content (AvgIpc) is 3.28. The number of hydrogen-bond acceptors (Lipinski definition) is 7. The Bertz CT molecular complexity index is 1990. The maximum atomic E-state index is 16.8. The molecular formula is C57H72N3O4P. The summed E-state index contributed by atoms with van der Waals surface area (Å²) in [6, 6.07) is 62.0. The Labute approximate surface area is 390 Å². The monoisotopic (exact) mass is 894 g/mol. The highest BCUT2D eigenvalue weighted by atomic mass is 31.2. The largest absolute Gasteiger partial charge is 0.525 e. The van der Waals surface area contributed by atoms with Gasteiger partial charge in [0.1, 0.15) is 0 Å². The minimum absolute atomic E-state index is 0.197. The lowest BCUT2D eigenvalue weighted by molar-refractivity contribution is -0.262. The fourth-order valence-corrected chi connectivity index (χ4v) is 12.2. The van der Waals surface area contributed by atoms with Gasteiger partial charge in [0.05, 0.1) is 16.6 Å². The van der Waals surface area contributed by atoms with E-state index in [9.17, 15) is 0 Å². The Kier molecular flexibility index (Phi) is 16.3. The summed E-state index contributed by atoms with van der Waals surface area (Å²) < 4.78 is 38.3. The minimum atomic E-state index is -4.73.